The number of thiophene rings is 1. The quantitative estimate of drug-likeness (QED) is 0.926. The van der Waals surface area contributed by atoms with Gasteiger partial charge in [-0.15, -0.1) is 11.3 Å². The summed E-state index contributed by atoms with van der Waals surface area (Å²) in [6.07, 6.45) is 2.61. The number of hydrogen-bond acceptors (Lipinski definition) is 4. The van der Waals surface area contributed by atoms with Gasteiger partial charge in [0.25, 0.3) is 0 Å². The molecule has 2 aromatic rings. The Morgan fingerprint density at radius 2 is 1.95 bits per heavy atom. The van der Waals surface area contributed by atoms with Gasteiger partial charge in [0.2, 0.25) is 0 Å². The molecule has 0 radical (unpaired) electrons. The molecule has 0 amide bonds. The van der Waals surface area contributed by atoms with Crippen molar-refractivity contribution in [2.75, 3.05) is 23.3 Å². The molecule has 102 valence electrons. The Hall–Kier alpha value is -1.99. The van der Waals surface area contributed by atoms with Crippen LogP contribution in [0.25, 0.3) is 0 Å². The van der Waals surface area contributed by atoms with Crippen LogP contribution in [0.2, 0.25) is 0 Å². The first-order chi connectivity index (χ1) is 9.85. The summed E-state index contributed by atoms with van der Waals surface area (Å²) in [5.74, 6) is 0. The maximum atomic E-state index is 8.80. The lowest BCUT2D eigenvalue weighted by Crippen LogP contribution is -2.17. The molecule has 0 spiro atoms. The highest BCUT2D eigenvalue weighted by atomic mass is 32.1. The molecule has 3 rings (SSSR count). The van der Waals surface area contributed by atoms with Crippen LogP contribution in [-0.2, 0) is 6.54 Å². The van der Waals surface area contributed by atoms with E-state index in [-0.39, 0.29) is 0 Å². The molecule has 3 nitrogen and oxygen atoms in total. The third-order valence-corrected chi connectivity index (χ3v) is 4.52. The van der Waals surface area contributed by atoms with Crippen molar-refractivity contribution in [2.24, 2.45) is 0 Å². The lowest BCUT2D eigenvalue weighted by atomic mass is 10.2. The molecule has 1 saturated heterocycles. The van der Waals surface area contributed by atoms with Gasteiger partial charge >= 0.3 is 0 Å². The molecule has 0 bridgehead atoms. The zero-order valence-electron chi connectivity index (χ0n) is 11.3. The highest BCUT2D eigenvalue weighted by Gasteiger charge is 2.11. The van der Waals surface area contributed by atoms with E-state index < -0.39 is 0 Å². The Morgan fingerprint density at radius 3 is 2.60 bits per heavy atom. The summed E-state index contributed by atoms with van der Waals surface area (Å²) in [7, 11) is 0. The topological polar surface area (TPSA) is 39.1 Å². The van der Waals surface area contributed by atoms with Crippen LogP contribution in [0.15, 0.2) is 35.7 Å². The van der Waals surface area contributed by atoms with Gasteiger partial charge in [-0.1, -0.05) is 0 Å². The van der Waals surface area contributed by atoms with E-state index in [1.54, 1.807) is 11.3 Å². The van der Waals surface area contributed by atoms with E-state index in [1.165, 1.54) is 36.5 Å². The Balaban J connectivity index is 1.59. The predicted molar refractivity (Wildman–Crippen MR) is 84.2 cm³/mol. The zero-order chi connectivity index (χ0) is 13.8. The van der Waals surface area contributed by atoms with Gasteiger partial charge in [-0.05, 0) is 43.2 Å². The number of anilines is 2. The maximum absolute atomic E-state index is 8.80. The van der Waals surface area contributed by atoms with Gasteiger partial charge in [0.05, 0.1) is 5.56 Å². The Kier molecular flexibility index (Phi) is 3.89. The molecule has 0 saturated carbocycles. The van der Waals surface area contributed by atoms with Crippen molar-refractivity contribution in [1.82, 2.24) is 0 Å². The second-order valence-electron chi connectivity index (χ2n) is 5.01. The minimum Gasteiger partial charge on any atom is -0.380 e. The van der Waals surface area contributed by atoms with Crippen molar-refractivity contribution in [3.8, 4) is 6.07 Å². The van der Waals surface area contributed by atoms with Gasteiger partial charge in [0.15, 0.2) is 0 Å². The molecule has 2 heterocycles. The normalized spacial score (nSPS) is 14.2. The first-order valence-corrected chi connectivity index (χ1v) is 7.79. The number of nitrogens with one attached hydrogen (secondary N) is 1. The van der Waals surface area contributed by atoms with Gasteiger partial charge in [0, 0.05) is 41.3 Å². The molecule has 1 fully saturated rings. The Bertz CT molecular complexity index is 603. The molecule has 20 heavy (non-hydrogen) atoms. The molecule has 4 heteroatoms. The summed E-state index contributed by atoms with van der Waals surface area (Å²) in [4.78, 5) is 3.62. The van der Waals surface area contributed by atoms with Crippen LogP contribution in [0.1, 0.15) is 23.3 Å². The minimum atomic E-state index is 0.746. The van der Waals surface area contributed by atoms with Gasteiger partial charge in [-0.25, -0.2) is 0 Å². The molecule has 1 aliphatic rings. The van der Waals surface area contributed by atoms with E-state index in [4.69, 9.17) is 5.26 Å². The minimum absolute atomic E-state index is 0.746. The zero-order valence-corrected chi connectivity index (χ0v) is 12.1. The highest BCUT2D eigenvalue weighted by molar-refractivity contribution is 7.10. The Labute approximate surface area is 123 Å². The van der Waals surface area contributed by atoms with Crippen LogP contribution in [-0.4, -0.2) is 13.1 Å². The molecule has 0 atom stereocenters. The van der Waals surface area contributed by atoms with Crippen LogP contribution in [0.3, 0.4) is 0 Å². The van der Waals surface area contributed by atoms with Gasteiger partial charge < -0.3 is 10.2 Å². The molecule has 1 aliphatic heterocycles. The van der Waals surface area contributed by atoms with E-state index >= 15 is 0 Å². The third kappa shape index (κ3) is 2.94. The maximum Gasteiger partial charge on any atom is 0.100 e. The fourth-order valence-corrected chi connectivity index (χ4v) is 3.24. The standard InChI is InChI=1S/C16H17N3S/c17-10-13-9-16(20-12-13)11-18-14-3-5-15(6-4-14)19-7-1-2-8-19/h3-6,9,12,18H,1-2,7-8,11H2. The predicted octanol–water partition coefficient (Wildman–Crippen LogP) is 3.83. The molecular formula is C16H17N3S. The smallest absolute Gasteiger partial charge is 0.100 e. The van der Waals surface area contributed by atoms with Gasteiger partial charge in [-0.3, -0.25) is 0 Å². The second kappa shape index (κ2) is 5.98. The average molecular weight is 283 g/mol. The molecule has 0 unspecified atom stereocenters. The summed E-state index contributed by atoms with van der Waals surface area (Å²) in [6.45, 7) is 3.13. The number of rotatable bonds is 4. The van der Waals surface area contributed by atoms with Crippen molar-refractivity contribution in [1.29, 1.82) is 5.26 Å². The molecule has 0 aliphatic carbocycles. The van der Waals surface area contributed by atoms with Crippen LogP contribution in [0.4, 0.5) is 11.4 Å². The van der Waals surface area contributed by atoms with Crippen molar-refractivity contribution < 1.29 is 0 Å². The SMILES string of the molecule is N#Cc1csc(CNc2ccc(N3CCCC3)cc2)c1. The monoisotopic (exact) mass is 283 g/mol. The number of nitrogens with zero attached hydrogens (tertiary/aromatic N) is 2. The van der Waals surface area contributed by atoms with Crippen LogP contribution in [0.5, 0.6) is 0 Å². The van der Waals surface area contributed by atoms with Crippen molar-refractivity contribution in [3.05, 3.63) is 46.2 Å². The number of nitriles is 1. The Morgan fingerprint density at radius 1 is 1.20 bits per heavy atom. The summed E-state index contributed by atoms with van der Waals surface area (Å²) in [5.41, 5.74) is 3.19. The molecular weight excluding hydrogens is 266 g/mol. The fourth-order valence-electron chi connectivity index (χ4n) is 2.49. The highest BCUT2D eigenvalue weighted by Crippen LogP contribution is 2.23. The van der Waals surface area contributed by atoms with Crippen molar-refractivity contribution >= 4 is 22.7 Å². The molecule has 1 aromatic heterocycles. The number of hydrogen-bond donors (Lipinski definition) is 1. The summed E-state index contributed by atoms with van der Waals surface area (Å²) < 4.78 is 0. The van der Waals surface area contributed by atoms with E-state index in [2.05, 4.69) is 40.6 Å². The van der Waals surface area contributed by atoms with E-state index in [9.17, 15) is 0 Å². The summed E-state index contributed by atoms with van der Waals surface area (Å²) in [5, 5.41) is 14.1. The van der Waals surface area contributed by atoms with E-state index in [0.29, 0.717) is 0 Å². The second-order valence-corrected chi connectivity index (χ2v) is 6.00. The fraction of sp³-hybridized carbons (Fsp3) is 0.312. The van der Waals surface area contributed by atoms with Crippen LogP contribution >= 0.6 is 11.3 Å². The van der Waals surface area contributed by atoms with E-state index in [0.717, 1.165) is 17.8 Å². The summed E-state index contributed by atoms with van der Waals surface area (Å²) >= 11 is 1.62. The lowest BCUT2D eigenvalue weighted by molar-refractivity contribution is 0.949. The number of benzene rings is 1. The van der Waals surface area contributed by atoms with Crippen LogP contribution in [0, 0.1) is 11.3 Å². The third-order valence-electron chi connectivity index (χ3n) is 3.59. The first-order valence-electron chi connectivity index (χ1n) is 6.91. The summed E-state index contributed by atoms with van der Waals surface area (Å²) in [6, 6.07) is 12.7. The van der Waals surface area contributed by atoms with Crippen molar-refractivity contribution in [3.63, 3.8) is 0 Å². The van der Waals surface area contributed by atoms with Gasteiger partial charge in [-0.2, -0.15) is 5.26 Å². The van der Waals surface area contributed by atoms with Gasteiger partial charge in [0.1, 0.15) is 6.07 Å². The van der Waals surface area contributed by atoms with Crippen LogP contribution < -0.4 is 10.2 Å². The van der Waals surface area contributed by atoms with E-state index in [1.807, 2.05) is 11.4 Å². The molecule has 1 N–H and O–H groups in total. The molecule has 1 aromatic carbocycles. The largest absolute Gasteiger partial charge is 0.380 e. The van der Waals surface area contributed by atoms with Crippen molar-refractivity contribution in [2.45, 2.75) is 19.4 Å². The average Bonchev–Trinajstić information content (AvgIpc) is 3.17. The first kappa shape index (κ1) is 13.0. The lowest BCUT2D eigenvalue weighted by Gasteiger charge is -2.17.